The summed E-state index contributed by atoms with van der Waals surface area (Å²) in [4.78, 5) is 10.3. The number of hydrogen-bond donors (Lipinski definition) is 1. The third-order valence-corrected chi connectivity index (χ3v) is 0.670. The number of nitrogens with two attached hydrogens (primary N) is 1. The van der Waals surface area contributed by atoms with Crippen molar-refractivity contribution in [2.75, 3.05) is 13.2 Å². The van der Waals surface area contributed by atoms with Gasteiger partial charge in [0.2, 0.25) is 0 Å². The fraction of sp³-hybridized carbons (Fsp3) is 0.800. The van der Waals surface area contributed by atoms with Crippen LogP contribution in [0.1, 0.15) is 14.8 Å². The van der Waals surface area contributed by atoms with Gasteiger partial charge in [-0.15, -0.1) is 0 Å². The van der Waals surface area contributed by atoms with Gasteiger partial charge in [-0.2, -0.15) is 0 Å². The van der Waals surface area contributed by atoms with Gasteiger partial charge in [-0.1, -0.05) is 6.92 Å². The van der Waals surface area contributed by atoms with Crippen LogP contribution in [0.2, 0.25) is 0 Å². The zero-order chi connectivity index (χ0) is 6.41. The summed E-state index contributed by atoms with van der Waals surface area (Å²) < 4.78 is 4.58. The fourth-order valence-electron chi connectivity index (χ4n) is 0.275. The molecule has 0 rings (SSSR count). The molecule has 2 N–H and O–H groups in total. The third kappa shape index (κ3) is 8.43. The Labute approximate surface area is 78.7 Å². The van der Waals surface area contributed by atoms with Crippen molar-refractivity contribution in [3.05, 3.63) is 0 Å². The minimum absolute atomic E-state index is 0. The van der Waals surface area contributed by atoms with Crippen LogP contribution in [0.4, 0.5) is 0 Å². The Balaban J connectivity index is -0.000000245. The molecule has 50 valence electrons. The normalized spacial score (nSPS) is 7.78. The summed E-state index contributed by atoms with van der Waals surface area (Å²) in [5, 5.41) is 0. The molecule has 0 spiro atoms. The second-order valence-electron chi connectivity index (χ2n) is 1.36. The molecule has 0 aromatic carbocycles. The van der Waals surface area contributed by atoms with E-state index >= 15 is 0 Å². The van der Waals surface area contributed by atoms with E-state index in [4.69, 9.17) is 5.73 Å². The van der Waals surface area contributed by atoms with Gasteiger partial charge < -0.3 is 11.9 Å². The first-order valence-corrected chi connectivity index (χ1v) is 2.67. The number of carbonyl (C=O) groups excluding carboxylic acids is 1. The molecule has 0 aromatic rings. The molecule has 0 aliphatic carbocycles. The van der Waals surface area contributed by atoms with Crippen LogP contribution in [0, 0.1) is 0 Å². The van der Waals surface area contributed by atoms with Crippen LogP contribution in [0.15, 0.2) is 0 Å². The molecule has 0 bridgehead atoms. The Morgan fingerprint density at radius 2 is 2.33 bits per heavy atom. The molecule has 0 saturated heterocycles. The Morgan fingerprint density at radius 1 is 1.78 bits per heavy atom. The van der Waals surface area contributed by atoms with Crippen LogP contribution in [-0.4, -0.2) is 19.1 Å². The molecular formula is C5H12NNaO2. The van der Waals surface area contributed by atoms with Crippen LogP contribution in [0.5, 0.6) is 0 Å². The summed E-state index contributed by atoms with van der Waals surface area (Å²) in [6.45, 7) is 2.50. The Morgan fingerprint density at radius 3 is 2.67 bits per heavy atom. The molecule has 0 aromatic heterocycles. The maximum absolute atomic E-state index is 10.3. The predicted molar refractivity (Wildman–Crippen MR) is 31.4 cm³/mol. The van der Waals surface area contributed by atoms with Crippen LogP contribution >= 0.6 is 0 Å². The smallest absolute Gasteiger partial charge is 1.00 e. The maximum atomic E-state index is 10.3. The molecule has 0 atom stereocenters. The molecule has 0 radical (unpaired) electrons. The largest absolute Gasteiger partial charge is 1.00 e. The van der Waals surface area contributed by atoms with Crippen molar-refractivity contribution in [3.63, 3.8) is 0 Å². The van der Waals surface area contributed by atoms with Crippen LogP contribution in [0.3, 0.4) is 0 Å². The summed E-state index contributed by atoms with van der Waals surface area (Å²) in [5.74, 6) is -0.185. The van der Waals surface area contributed by atoms with E-state index in [0.717, 1.165) is 0 Å². The summed E-state index contributed by atoms with van der Waals surface area (Å²) in [7, 11) is 0. The molecule has 0 unspecified atom stereocenters. The van der Waals surface area contributed by atoms with Gasteiger partial charge in [0.05, 0.1) is 0 Å². The minimum atomic E-state index is -0.185. The Kier molecular flexibility index (Phi) is 11.4. The summed E-state index contributed by atoms with van der Waals surface area (Å²) in [6, 6.07) is 0. The van der Waals surface area contributed by atoms with E-state index < -0.39 is 0 Å². The van der Waals surface area contributed by atoms with Crippen molar-refractivity contribution in [2.24, 2.45) is 5.73 Å². The van der Waals surface area contributed by atoms with E-state index in [1.54, 1.807) is 6.92 Å². The van der Waals surface area contributed by atoms with Gasteiger partial charge in [-0.25, -0.2) is 0 Å². The first-order chi connectivity index (χ1) is 3.81. The maximum Gasteiger partial charge on any atom is 1.00 e. The van der Waals surface area contributed by atoms with Gasteiger partial charge in [-0.05, 0) is 0 Å². The average molecular weight is 141 g/mol. The van der Waals surface area contributed by atoms with E-state index in [9.17, 15) is 4.79 Å². The second kappa shape index (κ2) is 8.43. The second-order valence-corrected chi connectivity index (χ2v) is 1.36. The molecule has 0 aliphatic rings. The van der Waals surface area contributed by atoms with Crippen LogP contribution in [0.25, 0.3) is 0 Å². The van der Waals surface area contributed by atoms with Gasteiger partial charge in [0.25, 0.3) is 0 Å². The van der Waals surface area contributed by atoms with Gasteiger partial charge >= 0.3 is 35.5 Å². The van der Waals surface area contributed by atoms with Crippen molar-refractivity contribution >= 4 is 5.97 Å². The van der Waals surface area contributed by atoms with Crippen LogP contribution < -0.4 is 35.3 Å². The van der Waals surface area contributed by atoms with Crippen molar-refractivity contribution < 1.29 is 40.5 Å². The van der Waals surface area contributed by atoms with Gasteiger partial charge in [0, 0.05) is 13.0 Å². The number of carbonyl (C=O) groups is 1. The molecule has 0 aliphatic heterocycles. The minimum Gasteiger partial charge on any atom is -1.00 e. The van der Waals surface area contributed by atoms with E-state index in [1.165, 1.54) is 0 Å². The third-order valence-electron chi connectivity index (χ3n) is 0.670. The van der Waals surface area contributed by atoms with Crippen molar-refractivity contribution in [1.29, 1.82) is 0 Å². The van der Waals surface area contributed by atoms with E-state index in [-0.39, 0.29) is 37.0 Å². The summed E-state index contributed by atoms with van der Waals surface area (Å²) in [5.41, 5.74) is 5.05. The number of rotatable bonds is 3. The van der Waals surface area contributed by atoms with Crippen molar-refractivity contribution in [3.8, 4) is 0 Å². The Hall–Kier alpha value is 0.430. The topological polar surface area (TPSA) is 52.3 Å². The van der Waals surface area contributed by atoms with Gasteiger partial charge in [0.1, 0.15) is 6.61 Å². The first kappa shape index (κ1) is 12.1. The molecule has 0 amide bonds. The van der Waals surface area contributed by atoms with E-state index in [2.05, 4.69) is 4.74 Å². The zero-order valence-corrected chi connectivity index (χ0v) is 8.02. The fourth-order valence-corrected chi connectivity index (χ4v) is 0.275. The summed E-state index contributed by atoms with van der Waals surface area (Å²) >= 11 is 0. The van der Waals surface area contributed by atoms with Gasteiger partial charge in [-0.3, -0.25) is 4.79 Å². The van der Waals surface area contributed by atoms with Crippen molar-refractivity contribution in [1.82, 2.24) is 0 Å². The van der Waals surface area contributed by atoms with Gasteiger partial charge in [0.15, 0.2) is 0 Å². The molecule has 4 heteroatoms. The van der Waals surface area contributed by atoms with Crippen molar-refractivity contribution in [2.45, 2.75) is 13.3 Å². The zero-order valence-electron chi connectivity index (χ0n) is 7.02. The molecule has 0 saturated carbocycles. The quantitative estimate of drug-likeness (QED) is 0.337. The standard InChI is InChI=1S/C5H11NO2.Na.H/c1-2-5(7)8-4-3-6;;/h2-4,6H2,1H3;;/q;+1;-1. The summed E-state index contributed by atoms with van der Waals surface area (Å²) in [6.07, 6.45) is 0.431. The number of esters is 1. The Bertz CT molecular complexity index is 82.0. The molecule has 0 fully saturated rings. The van der Waals surface area contributed by atoms with E-state index in [1.807, 2.05) is 0 Å². The molecular weight excluding hydrogens is 129 g/mol. The number of ether oxygens (including phenoxy) is 1. The van der Waals surface area contributed by atoms with Crippen LogP contribution in [-0.2, 0) is 9.53 Å². The first-order valence-electron chi connectivity index (χ1n) is 2.67. The molecule has 9 heavy (non-hydrogen) atoms. The van der Waals surface area contributed by atoms with E-state index in [0.29, 0.717) is 19.6 Å². The predicted octanol–water partition coefficient (Wildman–Crippen LogP) is -2.99. The molecule has 0 heterocycles. The SMILES string of the molecule is CCC(=O)OCCN.[H-].[Na+]. The number of hydrogen-bond acceptors (Lipinski definition) is 3. The average Bonchev–Trinajstić information content (AvgIpc) is 1.83. The molecule has 3 nitrogen and oxygen atoms in total. The monoisotopic (exact) mass is 141 g/mol.